The van der Waals surface area contributed by atoms with Crippen LogP contribution in [0.15, 0.2) is 59.4 Å². The predicted molar refractivity (Wildman–Crippen MR) is 114 cm³/mol. The van der Waals surface area contributed by atoms with E-state index >= 15 is 0 Å². The summed E-state index contributed by atoms with van der Waals surface area (Å²) in [4.78, 5) is 29.2. The molecule has 1 amide bonds. The molecule has 31 heavy (non-hydrogen) atoms. The van der Waals surface area contributed by atoms with Crippen LogP contribution in [-0.4, -0.2) is 52.7 Å². The summed E-state index contributed by atoms with van der Waals surface area (Å²) < 4.78 is 29.7. The molecule has 0 saturated heterocycles. The standard InChI is InChI=1S/C23H24F2N4O2/c1-16-14-21(30)22(26-29(16)20-11-7-6-10-19(20)25)23(31)28(13-12-27(2)3)15-17-8-4-5-9-18(17)24/h4-11,14H,12-13,15H2,1-3H3. The van der Waals surface area contributed by atoms with Crippen LogP contribution in [-0.2, 0) is 6.54 Å². The average Bonchev–Trinajstić information content (AvgIpc) is 2.72. The topological polar surface area (TPSA) is 58.4 Å². The largest absolute Gasteiger partial charge is 0.331 e. The van der Waals surface area contributed by atoms with Gasteiger partial charge in [0.2, 0.25) is 5.43 Å². The number of carbonyl (C=O) groups excluding carboxylic acids is 1. The Morgan fingerprint density at radius 2 is 1.65 bits per heavy atom. The molecule has 8 heteroatoms. The molecule has 162 valence electrons. The van der Waals surface area contributed by atoms with E-state index in [1.165, 1.54) is 33.8 Å². The minimum atomic E-state index is -0.639. The molecule has 0 spiro atoms. The zero-order chi connectivity index (χ0) is 22.5. The van der Waals surface area contributed by atoms with Crippen LogP contribution < -0.4 is 5.43 Å². The van der Waals surface area contributed by atoms with E-state index in [0.29, 0.717) is 17.8 Å². The first-order valence-electron chi connectivity index (χ1n) is 9.81. The van der Waals surface area contributed by atoms with Gasteiger partial charge in [0.25, 0.3) is 5.91 Å². The summed E-state index contributed by atoms with van der Waals surface area (Å²) in [6.07, 6.45) is 0. The molecule has 2 aromatic carbocycles. The third-order valence-electron chi connectivity index (χ3n) is 4.81. The fourth-order valence-corrected chi connectivity index (χ4v) is 3.12. The summed E-state index contributed by atoms with van der Waals surface area (Å²) in [6.45, 7) is 2.36. The van der Waals surface area contributed by atoms with Crippen LogP contribution in [0.25, 0.3) is 5.69 Å². The van der Waals surface area contributed by atoms with E-state index in [0.717, 1.165) is 0 Å². The molecule has 1 aromatic heterocycles. The normalized spacial score (nSPS) is 11.0. The molecule has 0 aliphatic heterocycles. The Morgan fingerprint density at radius 3 is 2.29 bits per heavy atom. The van der Waals surface area contributed by atoms with E-state index in [1.807, 2.05) is 19.0 Å². The highest BCUT2D eigenvalue weighted by molar-refractivity contribution is 5.92. The molecule has 6 nitrogen and oxygen atoms in total. The number of benzene rings is 2. The summed E-state index contributed by atoms with van der Waals surface area (Å²) in [5, 5.41) is 4.18. The molecule has 0 aliphatic rings. The SMILES string of the molecule is Cc1cc(=O)c(C(=O)N(CCN(C)C)Cc2ccccc2F)nn1-c1ccccc1F. The Hall–Kier alpha value is -3.39. The molecular weight excluding hydrogens is 402 g/mol. The van der Waals surface area contributed by atoms with Gasteiger partial charge < -0.3 is 9.80 Å². The molecule has 0 bridgehead atoms. The Balaban J connectivity index is 2.02. The molecule has 0 atom stereocenters. The lowest BCUT2D eigenvalue weighted by Gasteiger charge is -2.24. The van der Waals surface area contributed by atoms with Crippen LogP contribution in [0.4, 0.5) is 8.78 Å². The molecule has 0 fully saturated rings. The van der Waals surface area contributed by atoms with Crippen molar-refractivity contribution in [3.05, 3.63) is 93.4 Å². The summed E-state index contributed by atoms with van der Waals surface area (Å²) in [5.41, 5.74) is -0.0674. The van der Waals surface area contributed by atoms with Crippen molar-refractivity contribution in [3.8, 4) is 5.69 Å². The van der Waals surface area contributed by atoms with Gasteiger partial charge in [0, 0.05) is 37.0 Å². The van der Waals surface area contributed by atoms with Gasteiger partial charge in [0.1, 0.15) is 17.3 Å². The third kappa shape index (κ3) is 5.21. The maximum Gasteiger partial charge on any atom is 0.278 e. The van der Waals surface area contributed by atoms with E-state index in [1.54, 1.807) is 37.3 Å². The first-order valence-corrected chi connectivity index (χ1v) is 9.81. The van der Waals surface area contributed by atoms with Gasteiger partial charge in [-0.05, 0) is 39.2 Å². The number of rotatable bonds is 7. The number of aromatic nitrogens is 2. The summed E-state index contributed by atoms with van der Waals surface area (Å²) >= 11 is 0. The fraction of sp³-hybridized carbons (Fsp3) is 0.261. The second-order valence-electron chi connectivity index (χ2n) is 7.48. The number of aryl methyl sites for hydroxylation is 1. The summed E-state index contributed by atoms with van der Waals surface area (Å²) in [7, 11) is 3.70. The molecule has 3 rings (SSSR count). The average molecular weight is 426 g/mol. The zero-order valence-corrected chi connectivity index (χ0v) is 17.7. The smallest absolute Gasteiger partial charge is 0.278 e. The number of halogens is 2. The minimum absolute atomic E-state index is 0.0198. The van der Waals surface area contributed by atoms with Crippen LogP contribution in [0.5, 0.6) is 0 Å². The highest BCUT2D eigenvalue weighted by Crippen LogP contribution is 2.15. The number of hydrogen-bond acceptors (Lipinski definition) is 4. The van der Waals surface area contributed by atoms with E-state index < -0.39 is 23.0 Å². The van der Waals surface area contributed by atoms with E-state index in [2.05, 4.69) is 5.10 Å². The highest BCUT2D eigenvalue weighted by Gasteiger charge is 2.23. The lowest BCUT2D eigenvalue weighted by atomic mass is 10.2. The number of carbonyl (C=O) groups is 1. The fourth-order valence-electron chi connectivity index (χ4n) is 3.12. The van der Waals surface area contributed by atoms with E-state index in [4.69, 9.17) is 0 Å². The molecule has 0 saturated carbocycles. The van der Waals surface area contributed by atoms with Crippen molar-refractivity contribution >= 4 is 5.91 Å². The molecule has 3 aromatic rings. The maximum absolute atomic E-state index is 14.3. The first-order chi connectivity index (χ1) is 14.8. The van der Waals surface area contributed by atoms with Gasteiger partial charge in [0.05, 0.1) is 0 Å². The van der Waals surface area contributed by atoms with Gasteiger partial charge in [-0.15, -0.1) is 0 Å². The maximum atomic E-state index is 14.3. The molecular formula is C23H24F2N4O2. The third-order valence-corrected chi connectivity index (χ3v) is 4.81. The Bertz CT molecular complexity index is 1140. The number of para-hydroxylation sites is 1. The van der Waals surface area contributed by atoms with Crippen molar-refractivity contribution in [3.63, 3.8) is 0 Å². The van der Waals surface area contributed by atoms with Crippen molar-refractivity contribution in [2.45, 2.75) is 13.5 Å². The van der Waals surface area contributed by atoms with Crippen molar-refractivity contribution in [1.82, 2.24) is 19.6 Å². The summed E-state index contributed by atoms with van der Waals surface area (Å²) in [5.74, 6) is -1.61. The quantitative estimate of drug-likeness (QED) is 0.583. The van der Waals surface area contributed by atoms with Crippen molar-refractivity contribution in [2.24, 2.45) is 0 Å². The number of hydrogen-bond donors (Lipinski definition) is 0. The zero-order valence-electron chi connectivity index (χ0n) is 17.7. The van der Waals surface area contributed by atoms with Gasteiger partial charge in [-0.1, -0.05) is 30.3 Å². The Morgan fingerprint density at radius 1 is 1.00 bits per heavy atom. The predicted octanol–water partition coefficient (Wildman–Crippen LogP) is 3.02. The Labute approximate surface area is 179 Å². The molecule has 0 aliphatic carbocycles. The number of nitrogens with zero attached hydrogens (tertiary/aromatic N) is 4. The minimum Gasteiger partial charge on any atom is -0.331 e. The monoisotopic (exact) mass is 426 g/mol. The van der Waals surface area contributed by atoms with Gasteiger partial charge in [-0.2, -0.15) is 5.10 Å². The second kappa shape index (κ2) is 9.61. The van der Waals surface area contributed by atoms with E-state index in [9.17, 15) is 18.4 Å². The van der Waals surface area contributed by atoms with Crippen molar-refractivity contribution < 1.29 is 13.6 Å². The second-order valence-corrected chi connectivity index (χ2v) is 7.48. The lowest BCUT2D eigenvalue weighted by molar-refractivity contribution is 0.0721. The van der Waals surface area contributed by atoms with Gasteiger partial charge in [-0.25, -0.2) is 13.5 Å². The van der Waals surface area contributed by atoms with Gasteiger partial charge in [-0.3, -0.25) is 9.59 Å². The number of amides is 1. The van der Waals surface area contributed by atoms with Gasteiger partial charge in [0.15, 0.2) is 5.69 Å². The molecule has 1 heterocycles. The van der Waals surface area contributed by atoms with Crippen LogP contribution in [0.1, 0.15) is 21.7 Å². The van der Waals surface area contributed by atoms with Crippen molar-refractivity contribution in [2.75, 3.05) is 27.2 Å². The van der Waals surface area contributed by atoms with Crippen LogP contribution in [0, 0.1) is 18.6 Å². The summed E-state index contributed by atoms with van der Waals surface area (Å²) in [6, 6.07) is 13.4. The van der Waals surface area contributed by atoms with Crippen molar-refractivity contribution in [1.29, 1.82) is 0 Å². The number of likely N-dealkylation sites (N-methyl/N-ethyl adjacent to an activating group) is 1. The van der Waals surface area contributed by atoms with Crippen LogP contribution in [0.3, 0.4) is 0 Å². The van der Waals surface area contributed by atoms with Crippen LogP contribution >= 0.6 is 0 Å². The van der Waals surface area contributed by atoms with E-state index in [-0.39, 0.29) is 24.5 Å². The van der Waals surface area contributed by atoms with Crippen LogP contribution in [0.2, 0.25) is 0 Å². The lowest BCUT2D eigenvalue weighted by Crippen LogP contribution is -2.39. The molecule has 0 N–H and O–H groups in total. The highest BCUT2D eigenvalue weighted by atomic mass is 19.1. The van der Waals surface area contributed by atoms with Gasteiger partial charge >= 0.3 is 0 Å². The molecule has 0 unspecified atom stereocenters. The Kier molecular flexibility index (Phi) is 6.91. The molecule has 0 radical (unpaired) electrons. The first kappa shape index (κ1) is 22.3.